The third kappa shape index (κ3) is 4.68. The predicted molar refractivity (Wildman–Crippen MR) is 110 cm³/mol. The first kappa shape index (κ1) is 19.0. The van der Waals surface area contributed by atoms with Crippen LogP contribution in [-0.4, -0.2) is 37.0 Å². The van der Waals surface area contributed by atoms with E-state index in [0.29, 0.717) is 6.04 Å². The number of carbonyl (C=O) groups is 1. The second kappa shape index (κ2) is 8.74. The Morgan fingerprint density at radius 1 is 1.15 bits per heavy atom. The molecule has 4 heteroatoms. The van der Waals surface area contributed by atoms with E-state index in [4.69, 9.17) is 0 Å². The lowest BCUT2D eigenvalue weighted by Crippen LogP contribution is -2.43. The number of hydrogen-bond acceptors (Lipinski definition) is 3. The van der Waals surface area contributed by atoms with Crippen molar-refractivity contribution in [1.29, 1.82) is 0 Å². The zero-order chi connectivity index (χ0) is 18.5. The molecule has 0 atom stereocenters. The number of hydrogen-bond donors (Lipinski definition) is 1. The molecule has 3 nitrogen and oxygen atoms in total. The summed E-state index contributed by atoms with van der Waals surface area (Å²) in [6.07, 6.45) is 2.06. The van der Waals surface area contributed by atoms with E-state index in [1.54, 1.807) is 0 Å². The smallest absolute Gasteiger partial charge is 0.253 e. The highest BCUT2D eigenvalue weighted by Gasteiger charge is 2.22. The first-order valence-corrected chi connectivity index (χ1v) is 10.3. The molecule has 1 aliphatic heterocycles. The minimum Gasteiger partial charge on any atom is -0.339 e. The normalized spacial score (nSPS) is 15.0. The van der Waals surface area contributed by atoms with Gasteiger partial charge in [0.25, 0.3) is 5.91 Å². The van der Waals surface area contributed by atoms with Crippen molar-refractivity contribution in [2.24, 2.45) is 0 Å². The zero-order valence-corrected chi connectivity index (χ0v) is 16.7. The maximum Gasteiger partial charge on any atom is 0.253 e. The van der Waals surface area contributed by atoms with E-state index in [9.17, 15) is 4.79 Å². The van der Waals surface area contributed by atoms with Crippen molar-refractivity contribution < 1.29 is 4.79 Å². The van der Waals surface area contributed by atoms with Crippen LogP contribution in [0.25, 0.3) is 0 Å². The van der Waals surface area contributed by atoms with Crippen LogP contribution in [0.4, 0.5) is 0 Å². The van der Waals surface area contributed by atoms with Gasteiger partial charge in [0.1, 0.15) is 0 Å². The van der Waals surface area contributed by atoms with Gasteiger partial charge in [0.2, 0.25) is 0 Å². The van der Waals surface area contributed by atoms with Gasteiger partial charge in [0, 0.05) is 29.3 Å². The molecule has 1 saturated heterocycles. The Labute approximate surface area is 161 Å². The molecule has 138 valence electrons. The molecule has 26 heavy (non-hydrogen) atoms. The lowest BCUT2D eigenvalue weighted by molar-refractivity contribution is 0.0703. The fraction of sp³-hybridized carbons (Fsp3) is 0.409. The fourth-order valence-electron chi connectivity index (χ4n) is 3.48. The average Bonchev–Trinajstić information content (AvgIpc) is 2.67. The molecule has 0 spiro atoms. The summed E-state index contributed by atoms with van der Waals surface area (Å²) in [5.41, 5.74) is 4.59. The lowest BCUT2D eigenvalue weighted by atomic mass is 10.0. The zero-order valence-electron chi connectivity index (χ0n) is 15.9. The topological polar surface area (TPSA) is 32.3 Å². The number of nitrogens with zero attached hydrogens (tertiary/aromatic N) is 1. The molecule has 3 rings (SSSR count). The van der Waals surface area contributed by atoms with Gasteiger partial charge in [0.15, 0.2) is 0 Å². The molecule has 2 aromatic rings. The molecule has 0 aromatic heterocycles. The van der Waals surface area contributed by atoms with Crippen LogP contribution in [-0.2, 0) is 5.75 Å². The van der Waals surface area contributed by atoms with Crippen LogP contribution >= 0.6 is 11.8 Å². The molecule has 2 aromatic carbocycles. The molecular formula is C22H28N2OS. The SMILES string of the molecule is Cc1ccc(SCc2cccc(C(=O)N(C)C3CCNCC3)c2)c(C)c1. The maximum atomic E-state index is 12.9. The van der Waals surface area contributed by atoms with Gasteiger partial charge in [-0.05, 0) is 69.1 Å². The average molecular weight is 369 g/mol. The van der Waals surface area contributed by atoms with Crippen LogP contribution in [0.15, 0.2) is 47.4 Å². The third-order valence-corrected chi connectivity index (χ3v) is 6.32. The number of rotatable bonds is 5. The van der Waals surface area contributed by atoms with Crippen LogP contribution in [0.3, 0.4) is 0 Å². The molecule has 1 fully saturated rings. The number of thioether (sulfide) groups is 1. The lowest BCUT2D eigenvalue weighted by Gasteiger charge is -2.31. The van der Waals surface area contributed by atoms with E-state index in [2.05, 4.69) is 49.5 Å². The van der Waals surface area contributed by atoms with Crippen molar-refractivity contribution in [3.63, 3.8) is 0 Å². The van der Waals surface area contributed by atoms with Crippen LogP contribution in [0, 0.1) is 13.8 Å². The minimum absolute atomic E-state index is 0.135. The van der Waals surface area contributed by atoms with Gasteiger partial charge in [-0.2, -0.15) is 0 Å². The molecule has 0 unspecified atom stereocenters. The molecule has 0 aliphatic carbocycles. The van der Waals surface area contributed by atoms with Crippen molar-refractivity contribution in [3.8, 4) is 0 Å². The van der Waals surface area contributed by atoms with E-state index in [-0.39, 0.29) is 5.91 Å². The number of amides is 1. The van der Waals surface area contributed by atoms with E-state index in [0.717, 1.165) is 37.2 Å². The Hall–Kier alpha value is -1.78. The first-order chi connectivity index (χ1) is 12.5. The van der Waals surface area contributed by atoms with Crippen molar-refractivity contribution in [1.82, 2.24) is 10.2 Å². The summed E-state index contributed by atoms with van der Waals surface area (Å²) in [7, 11) is 1.94. The van der Waals surface area contributed by atoms with Gasteiger partial charge >= 0.3 is 0 Å². The van der Waals surface area contributed by atoms with Crippen LogP contribution in [0.5, 0.6) is 0 Å². The van der Waals surface area contributed by atoms with Crippen LogP contribution in [0.2, 0.25) is 0 Å². The summed E-state index contributed by atoms with van der Waals surface area (Å²) in [5, 5.41) is 3.36. The molecule has 1 amide bonds. The molecular weight excluding hydrogens is 340 g/mol. The Kier molecular flexibility index (Phi) is 6.38. The molecule has 1 heterocycles. The monoisotopic (exact) mass is 368 g/mol. The second-order valence-electron chi connectivity index (χ2n) is 7.16. The number of piperidine rings is 1. The molecule has 0 radical (unpaired) electrons. The highest BCUT2D eigenvalue weighted by Crippen LogP contribution is 2.27. The Balaban J connectivity index is 1.66. The summed E-state index contributed by atoms with van der Waals surface area (Å²) in [6.45, 7) is 6.27. The predicted octanol–water partition coefficient (Wildman–Crippen LogP) is 4.42. The highest BCUT2D eigenvalue weighted by molar-refractivity contribution is 7.98. The Morgan fingerprint density at radius 2 is 1.92 bits per heavy atom. The number of benzene rings is 2. The van der Waals surface area contributed by atoms with Crippen molar-refractivity contribution in [2.45, 2.75) is 43.4 Å². The standard InChI is InChI=1S/C22H28N2OS/c1-16-7-8-21(17(2)13-16)26-15-18-5-4-6-19(14-18)22(25)24(3)20-9-11-23-12-10-20/h4-8,13-14,20,23H,9-12,15H2,1-3H3. The van der Waals surface area contributed by atoms with E-state index in [1.165, 1.54) is 21.6 Å². The summed E-state index contributed by atoms with van der Waals surface area (Å²) in [4.78, 5) is 16.1. The first-order valence-electron chi connectivity index (χ1n) is 9.31. The molecule has 0 bridgehead atoms. The third-order valence-electron chi connectivity index (χ3n) is 5.08. The molecule has 1 N–H and O–H groups in total. The van der Waals surface area contributed by atoms with Crippen molar-refractivity contribution >= 4 is 17.7 Å². The van der Waals surface area contributed by atoms with E-state index in [1.807, 2.05) is 35.8 Å². The quantitative estimate of drug-likeness (QED) is 0.793. The Bertz CT molecular complexity index is 768. The maximum absolute atomic E-state index is 12.9. The number of aryl methyl sites for hydroxylation is 2. The highest BCUT2D eigenvalue weighted by atomic mass is 32.2. The summed E-state index contributed by atoms with van der Waals surface area (Å²) < 4.78 is 0. The summed E-state index contributed by atoms with van der Waals surface area (Å²) in [5.74, 6) is 1.01. The van der Waals surface area contributed by atoms with Gasteiger partial charge in [-0.25, -0.2) is 0 Å². The van der Waals surface area contributed by atoms with Gasteiger partial charge in [-0.3, -0.25) is 4.79 Å². The molecule has 1 aliphatic rings. The van der Waals surface area contributed by atoms with Crippen LogP contribution < -0.4 is 5.32 Å². The number of nitrogens with one attached hydrogen (secondary N) is 1. The minimum atomic E-state index is 0.135. The van der Waals surface area contributed by atoms with Gasteiger partial charge in [-0.1, -0.05) is 29.8 Å². The van der Waals surface area contributed by atoms with Gasteiger partial charge in [-0.15, -0.1) is 11.8 Å². The number of carbonyl (C=O) groups excluding carboxylic acids is 1. The van der Waals surface area contributed by atoms with Crippen molar-refractivity contribution in [2.75, 3.05) is 20.1 Å². The second-order valence-corrected chi connectivity index (χ2v) is 8.17. The van der Waals surface area contributed by atoms with Crippen molar-refractivity contribution in [3.05, 3.63) is 64.7 Å². The van der Waals surface area contributed by atoms with Gasteiger partial charge in [0.05, 0.1) is 0 Å². The molecule has 0 saturated carbocycles. The van der Waals surface area contributed by atoms with E-state index < -0.39 is 0 Å². The Morgan fingerprint density at radius 3 is 2.65 bits per heavy atom. The largest absolute Gasteiger partial charge is 0.339 e. The fourth-order valence-corrected chi connectivity index (χ4v) is 4.43. The van der Waals surface area contributed by atoms with Gasteiger partial charge < -0.3 is 10.2 Å². The summed E-state index contributed by atoms with van der Waals surface area (Å²) >= 11 is 1.83. The van der Waals surface area contributed by atoms with E-state index >= 15 is 0 Å². The summed E-state index contributed by atoms with van der Waals surface area (Å²) in [6, 6.07) is 15.0. The van der Waals surface area contributed by atoms with Crippen LogP contribution in [0.1, 0.15) is 39.9 Å².